The van der Waals surface area contributed by atoms with Crippen molar-refractivity contribution < 1.29 is 5.11 Å². The van der Waals surface area contributed by atoms with Crippen LogP contribution < -0.4 is 5.73 Å². The fourth-order valence-electron chi connectivity index (χ4n) is 1.24. The monoisotopic (exact) mass is 200 g/mol. The maximum atomic E-state index is 9.75. The van der Waals surface area contributed by atoms with Gasteiger partial charge in [-0.05, 0) is 12.3 Å². The van der Waals surface area contributed by atoms with Gasteiger partial charge in [0, 0.05) is 17.6 Å². The molecule has 0 aliphatic carbocycles. The Balaban J connectivity index is 2.52. The molecular weight excluding hydrogens is 184 g/mol. The second-order valence-corrected chi connectivity index (χ2v) is 4.53. The Labute approximate surface area is 82.6 Å². The van der Waals surface area contributed by atoms with Crippen molar-refractivity contribution in [2.24, 2.45) is 11.7 Å². The first kappa shape index (κ1) is 10.6. The molecule has 0 bridgehead atoms. The van der Waals surface area contributed by atoms with E-state index < -0.39 is 6.10 Å². The molecule has 0 saturated heterocycles. The van der Waals surface area contributed by atoms with Crippen molar-refractivity contribution in [2.45, 2.75) is 32.4 Å². The Kier molecular flexibility index (Phi) is 3.84. The molecule has 3 N–H and O–H groups in total. The van der Waals surface area contributed by atoms with Gasteiger partial charge in [-0.2, -0.15) is 0 Å². The summed E-state index contributed by atoms with van der Waals surface area (Å²) in [6.07, 6.45) is 1.90. The fourth-order valence-corrected chi connectivity index (χ4v) is 1.93. The predicted molar refractivity (Wildman–Crippen MR) is 54.5 cm³/mol. The molecule has 1 aromatic heterocycles. The first-order valence-electron chi connectivity index (χ1n) is 4.44. The van der Waals surface area contributed by atoms with Crippen LogP contribution in [0.4, 0.5) is 0 Å². The van der Waals surface area contributed by atoms with E-state index in [0.29, 0.717) is 10.9 Å². The standard InChI is InChI=1S/C9H16N2OS/c1-6(2)5-7(10)8(12)9-11-3-4-13-9/h3-4,6-8,12H,5,10H2,1-2H3/t7-,8+/m0/s1. The van der Waals surface area contributed by atoms with E-state index in [1.165, 1.54) is 11.3 Å². The molecule has 1 heterocycles. The molecule has 0 saturated carbocycles. The van der Waals surface area contributed by atoms with Crippen LogP contribution in [-0.2, 0) is 0 Å². The van der Waals surface area contributed by atoms with E-state index in [1.807, 2.05) is 5.38 Å². The number of hydrogen-bond donors (Lipinski definition) is 2. The first-order valence-corrected chi connectivity index (χ1v) is 5.32. The van der Waals surface area contributed by atoms with Gasteiger partial charge < -0.3 is 10.8 Å². The average molecular weight is 200 g/mol. The second kappa shape index (κ2) is 4.69. The van der Waals surface area contributed by atoms with Gasteiger partial charge in [0.15, 0.2) is 0 Å². The number of aliphatic hydroxyl groups excluding tert-OH is 1. The van der Waals surface area contributed by atoms with Crippen LogP contribution in [-0.4, -0.2) is 16.1 Å². The molecule has 0 unspecified atom stereocenters. The van der Waals surface area contributed by atoms with E-state index in [9.17, 15) is 5.11 Å². The lowest BCUT2D eigenvalue weighted by Crippen LogP contribution is -2.29. The summed E-state index contributed by atoms with van der Waals surface area (Å²) in [5.41, 5.74) is 5.83. The second-order valence-electron chi connectivity index (χ2n) is 3.61. The van der Waals surface area contributed by atoms with Crippen LogP contribution >= 0.6 is 11.3 Å². The van der Waals surface area contributed by atoms with Gasteiger partial charge in [0.05, 0.1) is 0 Å². The molecular formula is C9H16N2OS. The third-order valence-electron chi connectivity index (χ3n) is 1.85. The van der Waals surface area contributed by atoms with Gasteiger partial charge in [-0.1, -0.05) is 13.8 Å². The van der Waals surface area contributed by atoms with Crippen LogP contribution in [0.3, 0.4) is 0 Å². The van der Waals surface area contributed by atoms with Crippen LogP contribution in [0.2, 0.25) is 0 Å². The Bertz CT molecular complexity index is 236. The molecule has 1 aromatic rings. The summed E-state index contributed by atoms with van der Waals surface area (Å²) in [5, 5.41) is 12.3. The summed E-state index contributed by atoms with van der Waals surface area (Å²) < 4.78 is 0. The number of rotatable bonds is 4. The van der Waals surface area contributed by atoms with Crippen molar-refractivity contribution in [1.29, 1.82) is 0 Å². The Morgan fingerprint density at radius 1 is 1.62 bits per heavy atom. The fraction of sp³-hybridized carbons (Fsp3) is 0.667. The topological polar surface area (TPSA) is 59.1 Å². The SMILES string of the molecule is CC(C)C[C@H](N)[C@@H](O)c1nccs1. The normalized spacial score (nSPS) is 16.1. The van der Waals surface area contributed by atoms with Crippen molar-refractivity contribution in [1.82, 2.24) is 4.98 Å². The smallest absolute Gasteiger partial charge is 0.123 e. The Morgan fingerprint density at radius 3 is 2.77 bits per heavy atom. The molecule has 0 aromatic carbocycles. The van der Waals surface area contributed by atoms with E-state index in [4.69, 9.17) is 5.73 Å². The van der Waals surface area contributed by atoms with Crippen LogP contribution in [0, 0.1) is 5.92 Å². The summed E-state index contributed by atoms with van der Waals surface area (Å²) >= 11 is 1.45. The molecule has 0 fully saturated rings. The number of nitrogens with zero attached hydrogens (tertiary/aromatic N) is 1. The zero-order valence-electron chi connectivity index (χ0n) is 7.97. The van der Waals surface area contributed by atoms with Crippen molar-refractivity contribution >= 4 is 11.3 Å². The zero-order chi connectivity index (χ0) is 9.84. The molecule has 0 spiro atoms. The van der Waals surface area contributed by atoms with E-state index in [0.717, 1.165) is 6.42 Å². The molecule has 0 aliphatic rings. The van der Waals surface area contributed by atoms with Crippen LogP contribution in [0.5, 0.6) is 0 Å². The lowest BCUT2D eigenvalue weighted by atomic mass is 10.0. The van der Waals surface area contributed by atoms with E-state index in [-0.39, 0.29) is 6.04 Å². The minimum absolute atomic E-state index is 0.203. The minimum Gasteiger partial charge on any atom is -0.384 e. The highest BCUT2D eigenvalue weighted by Gasteiger charge is 2.19. The maximum absolute atomic E-state index is 9.75. The Morgan fingerprint density at radius 2 is 2.31 bits per heavy atom. The highest BCUT2D eigenvalue weighted by Crippen LogP contribution is 2.21. The molecule has 0 radical (unpaired) electrons. The van der Waals surface area contributed by atoms with Crippen LogP contribution in [0.15, 0.2) is 11.6 Å². The van der Waals surface area contributed by atoms with Crippen molar-refractivity contribution in [3.05, 3.63) is 16.6 Å². The summed E-state index contributed by atoms with van der Waals surface area (Å²) in [5.74, 6) is 0.504. The van der Waals surface area contributed by atoms with E-state index in [2.05, 4.69) is 18.8 Å². The lowest BCUT2D eigenvalue weighted by molar-refractivity contribution is 0.135. The molecule has 1 rings (SSSR count). The van der Waals surface area contributed by atoms with Gasteiger partial charge in [0.1, 0.15) is 11.1 Å². The first-order chi connectivity index (χ1) is 6.11. The van der Waals surface area contributed by atoms with Crippen molar-refractivity contribution in [3.63, 3.8) is 0 Å². The average Bonchev–Trinajstić information content (AvgIpc) is 2.53. The molecule has 0 amide bonds. The molecule has 74 valence electrons. The number of thiazole rings is 1. The largest absolute Gasteiger partial charge is 0.384 e. The Hall–Kier alpha value is -0.450. The van der Waals surface area contributed by atoms with Gasteiger partial charge in [0.25, 0.3) is 0 Å². The summed E-state index contributed by atoms with van der Waals surface area (Å²) in [6.45, 7) is 4.18. The number of aliphatic hydroxyl groups is 1. The molecule has 2 atom stereocenters. The number of nitrogens with two attached hydrogens (primary N) is 1. The van der Waals surface area contributed by atoms with Gasteiger partial charge in [-0.25, -0.2) is 4.98 Å². The highest BCUT2D eigenvalue weighted by molar-refractivity contribution is 7.09. The predicted octanol–water partition coefficient (Wildman–Crippen LogP) is 1.55. The number of aromatic nitrogens is 1. The van der Waals surface area contributed by atoms with Gasteiger partial charge in [0.2, 0.25) is 0 Å². The molecule has 13 heavy (non-hydrogen) atoms. The maximum Gasteiger partial charge on any atom is 0.123 e. The molecule has 4 heteroatoms. The molecule has 0 aliphatic heterocycles. The van der Waals surface area contributed by atoms with Crippen molar-refractivity contribution in [3.8, 4) is 0 Å². The van der Waals surface area contributed by atoms with Gasteiger partial charge >= 0.3 is 0 Å². The lowest BCUT2D eigenvalue weighted by Gasteiger charge is -2.18. The van der Waals surface area contributed by atoms with Crippen LogP contribution in [0.25, 0.3) is 0 Å². The van der Waals surface area contributed by atoms with Gasteiger partial charge in [-0.3, -0.25) is 0 Å². The van der Waals surface area contributed by atoms with E-state index >= 15 is 0 Å². The summed E-state index contributed by atoms with van der Waals surface area (Å²) in [6, 6.07) is -0.203. The van der Waals surface area contributed by atoms with E-state index in [1.54, 1.807) is 6.20 Å². The zero-order valence-corrected chi connectivity index (χ0v) is 8.79. The summed E-state index contributed by atoms with van der Waals surface area (Å²) in [4.78, 5) is 4.03. The third kappa shape index (κ3) is 3.06. The minimum atomic E-state index is -0.609. The van der Waals surface area contributed by atoms with Gasteiger partial charge in [-0.15, -0.1) is 11.3 Å². The third-order valence-corrected chi connectivity index (χ3v) is 2.70. The quantitative estimate of drug-likeness (QED) is 0.775. The van der Waals surface area contributed by atoms with Crippen molar-refractivity contribution in [2.75, 3.05) is 0 Å². The van der Waals surface area contributed by atoms with Crippen LogP contribution in [0.1, 0.15) is 31.4 Å². The molecule has 3 nitrogen and oxygen atoms in total. The summed E-state index contributed by atoms with van der Waals surface area (Å²) in [7, 11) is 0. The highest BCUT2D eigenvalue weighted by atomic mass is 32.1. The number of hydrogen-bond acceptors (Lipinski definition) is 4.